The molecule has 20 nitrogen and oxygen atoms in total. The summed E-state index contributed by atoms with van der Waals surface area (Å²) in [5, 5.41) is 7.55. The standard InChI is InChI=1S/C62H83F3N12O8S/c1-36(2)52(73-22-23-85-61(31-73)32-74(33-61)58(81)55-53(38-11-12-38)75(55)29-50(78)70(6)7)56(79)68-46-26-49-67-47(30-86-49)39-13-16-48-42(24-39)44(27-60(4,5)35-84-59(82)45-10-9-17-77(69-45)57(46)80)54(76(48)34-62(63,64)65)43-25-41(28-66-51(43)37(3)83-8)72-20-18-71(19-21-72)40-14-15-40/h13,16,24-25,28,30,36-38,40,45-46,52-53,55,69H,9-12,14-15,17-23,26-27,29,31-35H2,1-8H3,(H,68,79)/t37-,45-,46-,52-,53+,55+,75?/m0/s1. The van der Waals surface area contributed by atoms with Crippen LogP contribution in [-0.2, 0) is 57.6 Å². The minimum absolute atomic E-state index is 0.00483. The average Bonchev–Trinajstić information content (AvgIpc) is 1.56. The molecule has 4 amide bonds. The van der Waals surface area contributed by atoms with Gasteiger partial charge in [0.15, 0.2) is 0 Å². The lowest BCUT2D eigenvalue weighted by Crippen LogP contribution is -2.73. The zero-order valence-electron chi connectivity index (χ0n) is 50.8. The molecule has 2 N–H and O–H groups in total. The van der Waals surface area contributed by atoms with E-state index in [0.29, 0.717) is 107 Å². The lowest BCUT2D eigenvalue weighted by atomic mass is 9.84. The Morgan fingerprint density at radius 3 is 2.42 bits per heavy atom. The van der Waals surface area contributed by atoms with Crippen molar-refractivity contribution in [3.63, 3.8) is 0 Å². The Kier molecular flexibility index (Phi) is 16.6. The van der Waals surface area contributed by atoms with E-state index in [4.69, 9.17) is 24.2 Å². The second kappa shape index (κ2) is 23.6. The third-order valence-electron chi connectivity index (χ3n) is 19.0. The number of hydrazine groups is 1. The molecule has 86 heavy (non-hydrogen) atoms. The highest BCUT2D eigenvalue weighted by Gasteiger charge is 2.63. The van der Waals surface area contributed by atoms with Crippen molar-refractivity contribution in [1.82, 2.24) is 54.8 Å². The number of methoxy groups -OCH3 is 1. The third kappa shape index (κ3) is 12.5. The van der Waals surface area contributed by atoms with E-state index in [-0.39, 0.29) is 68.3 Å². The van der Waals surface area contributed by atoms with Crippen LogP contribution in [0.25, 0.3) is 33.4 Å². The van der Waals surface area contributed by atoms with Crippen LogP contribution in [0.5, 0.6) is 0 Å². The number of carbonyl (C=O) groups is 5. The topological polar surface area (TPSA) is 190 Å². The first-order chi connectivity index (χ1) is 41.0. The van der Waals surface area contributed by atoms with Gasteiger partial charge in [-0.1, -0.05) is 33.8 Å². The molecule has 6 bridgehead atoms. The molecule has 2 aliphatic carbocycles. The number of rotatable bonds is 14. The molecular formula is C62H83F3N12O8S. The van der Waals surface area contributed by atoms with Crippen molar-refractivity contribution in [3.05, 3.63) is 52.1 Å². The van der Waals surface area contributed by atoms with E-state index >= 15 is 18.0 Å². The number of benzene rings is 1. The number of anilines is 1. The Labute approximate surface area is 505 Å². The van der Waals surface area contributed by atoms with Gasteiger partial charge in [0, 0.05) is 118 Å². The molecule has 6 aliphatic heterocycles. The summed E-state index contributed by atoms with van der Waals surface area (Å²) < 4.78 is 65.4. The summed E-state index contributed by atoms with van der Waals surface area (Å²) in [4.78, 5) is 93.3. The van der Waals surface area contributed by atoms with Crippen LogP contribution < -0.4 is 15.6 Å². The zero-order chi connectivity index (χ0) is 60.7. The number of cyclic esters (lactones) is 1. The van der Waals surface area contributed by atoms with Gasteiger partial charge in [-0.05, 0) is 87.5 Å². The minimum Gasteiger partial charge on any atom is -0.464 e. The number of nitrogens with zero attached hydrogens (tertiary/aromatic N) is 10. The number of aromatic nitrogens is 3. The van der Waals surface area contributed by atoms with Crippen molar-refractivity contribution in [3.8, 4) is 22.5 Å². The highest BCUT2D eigenvalue weighted by Crippen LogP contribution is 2.49. The molecule has 0 radical (unpaired) electrons. The van der Waals surface area contributed by atoms with Crippen LogP contribution in [0.4, 0.5) is 18.9 Å². The molecular weight excluding hydrogens is 1130 g/mol. The predicted molar refractivity (Wildman–Crippen MR) is 318 cm³/mol. The number of morpholine rings is 1. The summed E-state index contributed by atoms with van der Waals surface area (Å²) in [6.45, 7) is 13.9. The van der Waals surface area contributed by atoms with Gasteiger partial charge >= 0.3 is 12.1 Å². The Morgan fingerprint density at radius 1 is 0.977 bits per heavy atom. The Balaban J connectivity index is 0.851. The van der Waals surface area contributed by atoms with Crippen molar-refractivity contribution < 1.29 is 51.4 Å². The summed E-state index contributed by atoms with van der Waals surface area (Å²) in [7, 11) is 5.01. The molecule has 2 saturated carbocycles. The number of hydrogen-bond acceptors (Lipinski definition) is 16. The van der Waals surface area contributed by atoms with Crippen molar-refractivity contribution in [2.45, 2.75) is 147 Å². The molecule has 4 aromatic rings. The van der Waals surface area contributed by atoms with Crippen LogP contribution in [0.1, 0.15) is 95.5 Å². The first-order valence-electron chi connectivity index (χ1n) is 30.8. The number of fused-ring (bicyclic) bond motifs is 6. The molecule has 7 fully saturated rings. The van der Waals surface area contributed by atoms with E-state index in [9.17, 15) is 19.2 Å². The van der Waals surface area contributed by atoms with Crippen LogP contribution in [0, 0.1) is 17.3 Å². The number of nitrogens with one attached hydrogen (secondary N) is 2. The predicted octanol–water partition coefficient (Wildman–Crippen LogP) is 5.52. The van der Waals surface area contributed by atoms with Crippen LogP contribution in [-0.4, -0.2) is 222 Å². The second-order valence-electron chi connectivity index (χ2n) is 26.8. The summed E-state index contributed by atoms with van der Waals surface area (Å²) >= 11 is 1.32. The lowest BCUT2D eigenvalue weighted by molar-refractivity contribution is -0.197. The maximum absolute atomic E-state index is 15.2. The third-order valence-corrected chi connectivity index (χ3v) is 19.8. The van der Waals surface area contributed by atoms with Crippen LogP contribution in [0.2, 0.25) is 0 Å². The van der Waals surface area contributed by atoms with E-state index in [1.165, 1.54) is 33.8 Å². The summed E-state index contributed by atoms with van der Waals surface area (Å²) in [6.07, 6.45) is 2.18. The number of hydrogen-bond donors (Lipinski definition) is 2. The summed E-state index contributed by atoms with van der Waals surface area (Å²) in [6, 6.07) is 5.02. The van der Waals surface area contributed by atoms with Gasteiger partial charge in [0.2, 0.25) is 17.7 Å². The van der Waals surface area contributed by atoms with E-state index in [2.05, 4.69) is 25.4 Å². The highest BCUT2D eigenvalue weighted by molar-refractivity contribution is 7.10. The summed E-state index contributed by atoms with van der Waals surface area (Å²) in [5.74, 6) is -1.19. The van der Waals surface area contributed by atoms with Gasteiger partial charge < -0.3 is 38.8 Å². The number of amides is 4. The molecule has 24 heteroatoms. The Hall–Kier alpha value is -5.76. The van der Waals surface area contributed by atoms with Gasteiger partial charge in [0.25, 0.3) is 5.91 Å². The van der Waals surface area contributed by atoms with Crippen LogP contribution in [0.3, 0.4) is 0 Å². The molecule has 3 aromatic heterocycles. The molecule has 7 atom stereocenters. The molecule has 466 valence electrons. The zero-order valence-corrected chi connectivity index (χ0v) is 51.6. The number of alkyl halides is 3. The fraction of sp³-hybridized carbons (Fsp3) is 0.661. The number of piperazine rings is 1. The SMILES string of the molecule is CO[C@@H](C)c1ncc(N2CCN(C3CC3)CC2)cc1-c1c2c3cc(ccc3n1CC(F)(F)F)-c1csc(n1)C[C@H](NC(=O)[C@H](C(C)C)N1CCOC3(CN(C(=O)[C@H]4[C@@H](C5CC5)N4CC(=O)N(C)C)C3)C1)C(=O)N1CCC[C@H](N1)C(=O)OCC(C)(C)C2. The van der Waals surface area contributed by atoms with Crippen molar-refractivity contribution >= 4 is 57.5 Å². The summed E-state index contributed by atoms with van der Waals surface area (Å²) in [5.41, 5.74) is 6.04. The number of pyridine rings is 1. The number of halogens is 3. The molecule has 8 aliphatic rings. The number of carbonyl (C=O) groups excluding carboxylic acids is 5. The number of esters is 1. The van der Waals surface area contributed by atoms with Crippen LogP contribution >= 0.6 is 11.3 Å². The molecule has 1 aromatic carbocycles. The van der Waals surface area contributed by atoms with E-state index in [1.807, 2.05) is 61.9 Å². The van der Waals surface area contributed by atoms with Crippen LogP contribution in [0.15, 0.2) is 35.8 Å². The molecule has 12 rings (SSSR count). The van der Waals surface area contributed by atoms with Gasteiger partial charge in [-0.2, -0.15) is 13.2 Å². The van der Waals surface area contributed by atoms with Crippen molar-refractivity contribution in [2.75, 3.05) is 105 Å². The number of likely N-dealkylation sites (N-methyl/N-ethyl adjacent to an activating group) is 1. The second-order valence-corrected chi connectivity index (χ2v) is 27.7. The number of likely N-dealkylation sites (tertiary alicyclic amines) is 1. The molecule has 9 heterocycles. The smallest absolute Gasteiger partial charge is 0.406 e. The van der Waals surface area contributed by atoms with Gasteiger partial charge in [-0.15, -0.1) is 11.3 Å². The first kappa shape index (κ1) is 60.5. The monoisotopic (exact) mass is 1210 g/mol. The average molecular weight is 1210 g/mol. The maximum Gasteiger partial charge on any atom is 0.406 e. The quantitative estimate of drug-likeness (QED) is 0.119. The Bertz CT molecular complexity index is 3240. The normalized spacial score (nSPS) is 26.3. The van der Waals surface area contributed by atoms with Crippen molar-refractivity contribution in [1.29, 1.82) is 0 Å². The number of ether oxygens (including phenoxy) is 3. The fourth-order valence-electron chi connectivity index (χ4n) is 14.1. The number of thiazole rings is 1. The van der Waals surface area contributed by atoms with E-state index < -0.39 is 59.8 Å². The van der Waals surface area contributed by atoms with Crippen molar-refractivity contribution in [2.24, 2.45) is 17.3 Å². The van der Waals surface area contributed by atoms with Gasteiger partial charge in [-0.3, -0.25) is 48.7 Å². The largest absolute Gasteiger partial charge is 0.464 e. The first-order valence-corrected chi connectivity index (χ1v) is 31.7. The minimum atomic E-state index is -4.62. The molecule has 5 saturated heterocycles. The van der Waals surface area contributed by atoms with Gasteiger partial charge in [0.1, 0.15) is 30.3 Å². The Morgan fingerprint density at radius 2 is 1.73 bits per heavy atom. The van der Waals surface area contributed by atoms with Gasteiger partial charge in [0.05, 0.1) is 79.0 Å². The maximum atomic E-state index is 15.2. The van der Waals surface area contributed by atoms with Gasteiger partial charge in [-0.25, -0.2) is 10.4 Å². The molecule has 1 spiro atoms. The van der Waals surface area contributed by atoms with E-state index in [1.54, 1.807) is 44.4 Å². The fourth-order valence-corrected chi connectivity index (χ4v) is 14.9. The lowest BCUT2D eigenvalue weighted by Gasteiger charge is -2.55. The highest BCUT2D eigenvalue weighted by atomic mass is 32.1. The van der Waals surface area contributed by atoms with E-state index in [0.717, 1.165) is 44.7 Å². The molecule has 1 unspecified atom stereocenters.